The van der Waals surface area contributed by atoms with E-state index >= 15 is 0 Å². The third-order valence-corrected chi connectivity index (χ3v) is 8.17. The zero-order chi connectivity index (χ0) is 29.6. The number of nitrogens with one attached hydrogen (secondary N) is 3. The SMILES string of the molecule is COc1cc([C@@H]2c3cc4c(cc3[C@@H](NC(=O)CNCCCCNCCCN)[C@H]3COC(=O)[C@H]23)OCO4)cc(OC)c1O. The van der Waals surface area contributed by atoms with E-state index < -0.39 is 17.9 Å². The third-order valence-electron chi connectivity index (χ3n) is 8.17. The summed E-state index contributed by atoms with van der Waals surface area (Å²) in [7, 11) is 2.91. The minimum atomic E-state index is -0.596. The van der Waals surface area contributed by atoms with Crippen LogP contribution < -0.4 is 40.6 Å². The van der Waals surface area contributed by atoms with Crippen molar-refractivity contribution < 1.29 is 38.4 Å². The van der Waals surface area contributed by atoms with Crippen molar-refractivity contribution in [2.75, 3.05) is 60.3 Å². The first kappa shape index (κ1) is 29.7. The Morgan fingerprint density at radius 3 is 2.26 bits per heavy atom. The number of esters is 1. The van der Waals surface area contributed by atoms with E-state index in [1.165, 1.54) is 14.2 Å². The van der Waals surface area contributed by atoms with Crippen LogP contribution in [0.25, 0.3) is 0 Å². The molecule has 4 atom stereocenters. The van der Waals surface area contributed by atoms with Gasteiger partial charge in [0.15, 0.2) is 23.0 Å². The highest BCUT2D eigenvalue weighted by Gasteiger charge is 2.53. The van der Waals surface area contributed by atoms with Crippen molar-refractivity contribution in [1.29, 1.82) is 0 Å². The molecule has 0 bridgehead atoms. The molecule has 1 saturated heterocycles. The average molecular weight is 585 g/mol. The average Bonchev–Trinajstić information content (AvgIpc) is 3.62. The molecule has 0 unspecified atom stereocenters. The minimum Gasteiger partial charge on any atom is -0.502 e. The molecule has 6 N–H and O–H groups in total. The van der Waals surface area contributed by atoms with Gasteiger partial charge in [0.25, 0.3) is 0 Å². The highest BCUT2D eigenvalue weighted by atomic mass is 16.7. The van der Waals surface area contributed by atoms with Crippen molar-refractivity contribution in [2.45, 2.75) is 31.2 Å². The fraction of sp³-hybridized carbons (Fsp3) is 0.533. The molecule has 0 spiro atoms. The molecule has 2 aromatic rings. The zero-order valence-electron chi connectivity index (χ0n) is 24.1. The molecular formula is C30H40N4O8. The Kier molecular flexibility index (Phi) is 9.55. The van der Waals surface area contributed by atoms with Crippen LogP contribution in [0.3, 0.4) is 0 Å². The second-order valence-electron chi connectivity index (χ2n) is 10.7. The number of phenols is 1. The summed E-state index contributed by atoms with van der Waals surface area (Å²) >= 11 is 0. The first-order chi connectivity index (χ1) is 20.5. The van der Waals surface area contributed by atoms with Crippen LogP contribution in [0.5, 0.6) is 28.7 Å². The molecule has 2 heterocycles. The number of aromatic hydroxyl groups is 1. The highest BCUT2D eigenvalue weighted by molar-refractivity contribution is 5.81. The highest BCUT2D eigenvalue weighted by Crippen LogP contribution is 2.55. The van der Waals surface area contributed by atoms with Gasteiger partial charge in [0.05, 0.1) is 39.3 Å². The summed E-state index contributed by atoms with van der Waals surface area (Å²) in [6.45, 7) is 3.63. The number of rotatable bonds is 14. The molecular weight excluding hydrogens is 544 g/mol. The van der Waals surface area contributed by atoms with Gasteiger partial charge >= 0.3 is 5.97 Å². The van der Waals surface area contributed by atoms with Crippen LogP contribution in [-0.2, 0) is 14.3 Å². The maximum absolute atomic E-state index is 13.3. The lowest BCUT2D eigenvalue weighted by Gasteiger charge is -2.39. The zero-order valence-corrected chi connectivity index (χ0v) is 24.1. The Labute approximate surface area is 245 Å². The number of benzene rings is 2. The Morgan fingerprint density at radius 2 is 1.60 bits per heavy atom. The number of fused-ring (bicyclic) bond motifs is 3. The smallest absolute Gasteiger partial charge is 0.310 e. The molecule has 0 saturated carbocycles. The summed E-state index contributed by atoms with van der Waals surface area (Å²) in [6, 6.07) is 6.68. The number of cyclic esters (lactones) is 1. The number of carbonyl (C=O) groups is 2. The van der Waals surface area contributed by atoms with Gasteiger partial charge in [-0.05, 0) is 86.4 Å². The number of methoxy groups -OCH3 is 2. The summed E-state index contributed by atoms with van der Waals surface area (Å²) in [5.74, 6) is -0.457. The maximum atomic E-state index is 13.3. The van der Waals surface area contributed by atoms with Crippen LogP contribution in [0.1, 0.15) is 47.9 Å². The van der Waals surface area contributed by atoms with E-state index in [0.717, 1.165) is 43.5 Å². The second kappa shape index (κ2) is 13.5. The number of unbranched alkanes of at least 4 members (excludes halogenated alkanes) is 1. The Balaban J connectivity index is 1.38. The predicted octanol–water partition coefficient (Wildman–Crippen LogP) is 1.54. The Bertz CT molecular complexity index is 1260. The van der Waals surface area contributed by atoms with E-state index in [9.17, 15) is 14.7 Å². The summed E-state index contributed by atoms with van der Waals surface area (Å²) in [4.78, 5) is 26.4. The fourth-order valence-corrected chi connectivity index (χ4v) is 6.12. The molecule has 2 aromatic carbocycles. The number of hydrogen-bond donors (Lipinski definition) is 5. The van der Waals surface area contributed by atoms with Crippen LogP contribution in [0.4, 0.5) is 0 Å². The van der Waals surface area contributed by atoms with Gasteiger partial charge in [0.2, 0.25) is 18.4 Å². The van der Waals surface area contributed by atoms with Gasteiger partial charge in [-0.3, -0.25) is 9.59 Å². The van der Waals surface area contributed by atoms with Crippen molar-refractivity contribution in [3.05, 3.63) is 41.0 Å². The number of carbonyl (C=O) groups excluding carboxylic acids is 2. The topological polar surface area (TPSA) is 163 Å². The molecule has 1 fully saturated rings. The van der Waals surface area contributed by atoms with Gasteiger partial charge in [0, 0.05) is 11.8 Å². The van der Waals surface area contributed by atoms with Crippen molar-refractivity contribution >= 4 is 11.9 Å². The van der Waals surface area contributed by atoms with Crippen LogP contribution in [-0.4, -0.2) is 77.3 Å². The number of nitrogens with two attached hydrogens (primary N) is 1. The van der Waals surface area contributed by atoms with Crippen LogP contribution in [0, 0.1) is 11.8 Å². The molecule has 1 amide bonds. The van der Waals surface area contributed by atoms with Crippen molar-refractivity contribution in [3.63, 3.8) is 0 Å². The number of amides is 1. The van der Waals surface area contributed by atoms with E-state index in [0.29, 0.717) is 30.2 Å². The molecule has 0 radical (unpaired) electrons. The maximum Gasteiger partial charge on any atom is 0.310 e. The molecule has 3 aliphatic rings. The van der Waals surface area contributed by atoms with E-state index in [1.54, 1.807) is 12.1 Å². The lowest BCUT2D eigenvalue weighted by molar-refractivity contribution is -0.141. The Hall–Kier alpha value is -3.74. The number of phenolic OH excluding ortho intramolecular Hbond substituents is 1. The van der Waals surface area contributed by atoms with Gasteiger partial charge in [-0.2, -0.15) is 0 Å². The van der Waals surface area contributed by atoms with Gasteiger partial charge in [-0.15, -0.1) is 0 Å². The fourth-order valence-electron chi connectivity index (χ4n) is 6.12. The predicted molar refractivity (Wildman–Crippen MR) is 153 cm³/mol. The molecule has 2 aliphatic heterocycles. The van der Waals surface area contributed by atoms with Crippen molar-refractivity contribution in [3.8, 4) is 28.7 Å². The molecule has 12 nitrogen and oxygen atoms in total. The summed E-state index contributed by atoms with van der Waals surface area (Å²) in [5.41, 5.74) is 7.84. The summed E-state index contributed by atoms with van der Waals surface area (Å²) in [5, 5.41) is 20.3. The first-order valence-electron chi connectivity index (χ1n) is 14.4. The van der Waals surface area contributed by atoms with Crippen molar-refractivity contribution in [1.82, 2.24) is 16.0 Å². The Morgan fingerprint density at radius 1 is 0.952 bits per heavy atom. The van der Waals surface area contributed by atoms with Gasteiger partial charge in [0.1, 0.15) is 0 Å². The third kappa shape index (κ3) is 6.06. The molecule has 228 valence electrons. The van der Waals surface area contributed by atoms with Crippen LogP contribution >= 0.6 is 0 Å². The molecule has 1 aliphatic carbocycles. The minimum absolute atomic E-state index is 0.0854. The second-order valence-corrected chi connectivity index (χ2v) is 10.7. The molecule has 42 heavy (non-hydrogen) atoms. The van der Waals surface area contributed by atoms with Gasteiger partial charge in [-0.1, -0.05) is 0 Å². The van der Waals surface area contributed by atoms with Crippen molar-refractivity contribution in [2.24, 2.45) is 17.6 Å². The van der Waals surface area contributed by atoms with Crippen LogP contribution in [0.15, 0.2) is 24.3 Å². The van der Waals surface area contributed by atoms with E-state index in [-0.39, 0.29) is 55.0 Å². The monoisotopic (exact) mass is 584 g/mol. The van der Waals surface area contributed by atoms with E-state index in [2.05, 4.69) is 16.0 Å². The molecule has 12 heteroatoms. The first-order valence-corrected chi connectivity index (χ1v) is 14.4. The van der Waals surface area contributed by atoms with E-state index in [1.807, 2.05) is 12.1 Å². The van der Waals surface area contributed by atoms with Gasteiger partial charge in [-0.25, -0.2) is 0 Å². The van der Waals surface area contributed by atoms with E-state index in [4.69, 9.17) is 29.4 Å². The standard InChI is InChI=1S/C30H40N4O8/c1-38-23-10-17(11-24(39-2)29(23)36)26-18-12-21-22(42-16-41-21)13-19(18)28(20-15-40-30(37)27(20)26)34-25(35)14-33-8-4-3-7-32-9-5-6-31/h10-13,20,26-28,32-33,36H,3-9,14-16,31H2,1-2H3,(H,34,35)/t20-,26+,27-,28+/m0/s1. The summed E-state index contributed by atoms with van der Waals surface area (Å²) in [6.07, 6.45) is 2.90. The number of ether oxygens (including phenoxy) is 5. The van der Waals surface area contributed by atoms with Crippen LogP contribution in [0.2, 0.25) is 0 Å². The van der Waals surface area contributed by atoms with Gasteiger partial charge < -0.3 is 50.5 Å². The normalized spacial score (nSPS) is 21.8. The molecule has 0 aromatic heterocycles. The largest absolute Gasteiger partial charge is 0.502 e. The lowest BCUT2D eigenvalue weighted by Crippen LogP contribution is -2.45. The molecule has 5 rings (SSSR count). The number of hydrogen-bond acceptors (Lipinski definition) is 11. The quantitative estimate of drug-likeness (QED) is 0.162. The summed E-state index contributed by atoms with van der Waals surface area (Å²) < 4.78 is 27.8. The lowest BCUT2D eigenvalue weighted by atomic mass is 9.65.